The highest BCUT2D eigenvalue weighted by Gasteiger charge is 2.27. The van der Waals surface area contributed by atoms with Crippen LogP contribution in [0.1, 0.15) is 38.7 Å². The van der Waals surface area contributed by atoms with Crippen LogP contribution in [0.15, 0.2) is 42.5 Å². The molecule has 1 N–H and O–H groups in total. The Kier molecular flexibility index (Phi) is 11.3. The Morgan fingerprint density at radius 1 is 1.11 bits per heavy atom. The van der Waals surface area contributed by atoms with Gasteiger partial charge >= 0.3 is 0 Å². The van der Waals surface area contributed by atoms with Crippen molar-refractivity contribution in [3.05, 3.63) is 58.1 Å². The number of rotatable bonds is 13. The Bertz CT molecular complexity index is 1140. The number of anilines is 1. The van der Waals surface area contributed by atoms with E-state index < -0.39 is 16.1 Å². The lowest BCUT2D eigenvalue weighted by Crippen LogP contribution is -2.47. The summed E-state index contributed by atoms with van der Waals surface area (Å²) in [5.41, 5.74) is 1.09. The van der Waals surface area contributed by atoms with Crippen LogP contribution in [0.5, 0.6) is 5.75 Å². The van der Waals surface area contributed by atoms with Crippen LogP contribution in [-0.4, -0.2) is 57.6 Å². The fourth-order valence-electron chi connectivity index (χ4n) is 3.57. The van der Waals surface area contributed by atoms with Crippen molar-refractivity contribution in [3.63, 3.8) is 0 Å². The second-order valence-corrected chi connectivity index (χ2v) is 11.1. The molecule has 0 aliphatic heterocycles. The fraction of sp³-hybridized carbons (Fsp3) is 0.440. The molecule has 0 saturated heterocycles. The third-order valence-corrected chi connectivity index (χ3v) is 7.29. The lowest BCUT2D eigenvalue weighted by molar-refractivity contribution is -0.140. The molecule has 0 heterocycles. The number of methoxy groups -OCH3 is 1. The van der Waals surface area contributed by atoms with Gasteiger partial charge in [-0.25, -0.2) is 8.42 Å². The molecule has 0 aromatic heterocycles. The second kappa shape index (κ2) is 13.7. The summed E-state index contributed by atoms with van der Waals surface area (Å²) in [4.78, 5) is 27.5. The number of carbonyl (C=O) groups excluding carboxylic acids is 2. The Balaban J connectivity index is 2.19. The van der Waals surface area contributed by atoms with Gasteiger partial charge in [0.25, 0.3) is 0 Å². The molecule has 2 aromatic carbocycles. The van der Waals surface area contributed by atoms with Crippen molar-refractivity contribution in [3.8, 4) is 5.75 Å². The molecular weight excluding hydrogens is 525 g/mol. The molecular formula is C25H33Cl2N3O5S. The molecule has 198 valence electrons. The smallest absolute Gasteiger partial charge is 0.242 e. The van der Waals surface area contributed by atoms with E-state index >= 15 is 0 Å². The zero-order valence-corrected chi connectivity index (χ0v) is 23.3. The number of benzene rings is 2. The van der Waals surface area contributed by atoms with Gasteiger partial charge in [-0.15, -0.1) is 0 Å². The molecule has 0 fully saturated rings. The van der Waals surface area contributed by atoms with Gasteiger partial charge < -0.3 is 15.0 Å². The third kappa shape index (κ3) is 8.57. The molecule has 8 nitrogen and oxygen atoms in total. The molecule has 2 rings (SSSR count). The van der Waals surface area contributed by atoms with Gasteiger partial charge in [-0.1, -0.05) is 42.3 Å². The van der Waals surface area contributed by atoms with E-state index in [1.165, 1.54) is 17.0 Å². The lowest BCUT2D eigenvalue weighted by Gasteiger charge is -2.29. The maximum atomic E-state index is 13.3. The maximum absolute atomic E-state index is 13.3. The van der Waals surface area contributed by atoms with E-state index in [9.17, 15) is 18.0 Å². The number of carbonyl (C=O) groups is 2. The fourth-order valence-corrected chi connectivity index (χ4v) is 4.97. The minimum Gasteiger partial charge on any atom is -0.497 e. The topological polar surface area (TPSA) is 96.0 Å². The molecule has 0 aliphatic carbocycles. The van der Waals surface area contributed by atoms with E-state index in [0.29, 0.717) is 17.3 Å². The summed E-state index contributed by atoms with van der Waals surface area (Å²) in [6.07, 6.45) is 2.10. The van der Waals surface area contributed by atoms with E-state index in [2.05, 4.69) is 5.32 Å². The number of halogens is 2. The van der Waals surface area contributed by atoms with Crippen LogP contribution in [0.25, 0.3) is 0 Å². The van der Waals surface area contributed by atoms with Crippen LogP contribution >= 0.6 is 23.2 Å². The summed E-state index contributed by atoms with van der Waals surface area (Å²) in [5.74, 6) is 0.170. The Hall–Kier alpha value is -2.49. The SMILES string of the molecule is CCCNC(=O)[C@H](C)N(Cc1ccc(OC)cc1)C(=O)CCCN(c1cc(Cl)ccc1Cl)S(C)(=O)=O. The molecule has 0 spiro atoms. The Labute approximate surface area is 223 Å². The number of hydrogen-bond acceptors (Lipinski definition) is 5. The third-order valence-electron chi connectivity index (χ3n) is 5.56. The maximum Gasteiger partial charge on any atom is 0.242 e. The van der Waals surface area contributed by atoms with Crippen molar-refractivity contribution in [2.24, 2.45) is 0 Å². The summed E-state index contributed by atoms with van der Waals surface area (Å²) < 4.78 is 31.3. The quantitative estimate of drug-likeness (QED) is 0.391. The largest absolute Gasteiger partial charge is 0.497 e. The molecule has 0 unspecified atom stereocenters. The van der Waals surface area contributed by atoms with E-state index in [1.54, 1.807) is 32.2 Å². The van der Waals surface area contributed by atoms with Crippen LogP contribution < -0.4 is 14.4 Å². The number of nitrogens with zero attached hydrogens (tertiary/aromatic N) is 2. The summed E-state index contributed by atoms with van der Waals surface area (Å²) in [7, 11) is -2.11. The zero-order valence-electron chi connectivity index (χ0n) is 21.0. The number of amides is 2. The van der Waals surface area contributed by atoms with E-state index in [1.807, 2.05) is 19.1 Å². The molecule has 1 atom stereocenters. The summed E-state index contributed by atoms with van der Waals surface area (Å²) in [6.45, 7) is 4.39. The Morgan fingerprint density at radius 3 is 2.36 bits per heavy atom. The first-order chi connectivity index (χ1) is 17.0. The normalized spacial score (nSPS) is 12.1. The number of sulfonamides is 1. The summed E-state index contributed by atoms with van der Waals surface area (Å²) in [6, 6.07) is 11.1. The number of ether oxygens (including phenoxy) is 1. The van der Waals surface area contributed by atoms with Gasteiger partial charge in [0.15, 0.2) is 0 Å². The molecule has 0 aliphatic rings. The zero-order chi connectivity index (χ0) is 26.9. The summed E-state index contributed by atoms with van der Waals surface area (Å²) >= 11 is 12.3. The molecule has 0 bridgehead atoms. The molecule has 36 heavy (non-hydrogen) atoms. The van der Waals surface area contributed by atoms with Gasteiger partial charge in [0.05, 0.1) is 24.1 Å². The first-order valence-electron chi connectivity index (χ1n) is 11.6. The van der Waals surface area contributed by atoms with Crippen molar-refractivity contribution in [1.29, 1.82) is 0 Å². The van der Waals surface area contributed by atoms with Crippen LogP contribution in [0.4, 0.5) is 5.69 Å². The molecule has 0 radical (unpaired) electrons. The van der Waals surface area contributed by atoms with Crippen molar-refractivity contribution >= 4 is 50.7 Å². The van der Waals surface area contributed by atoms with Gasteiger partial charge in [0.2, 0.25) is 21.8 Å². The molecule has 11 heteroatoms. The number of nitrogens with one attached hydrogen (secondary N) is 1. The van der Waals surface area contributed by atoms with Crippen LogP contribution in [0.2, 0.25) is 10.0 Å². The highest BCUT2D eigenvalue weighted by atomic mass is 35.5. The van der Waals surface area contributed by atoms with E-state index in [4.69, 9.17) is 27.9 Å². The monoisotopic (exact) mass is 557 g/mol. The minimum atomic E-state index is -3.68. The first-order valence-corrected chi connectivity index (χ1v) is 14.2. The van der Waals surface area contributed by atoms with Crippen molar-refractivity contribution in [2.75, 3.05) is 30.8 Å². The number of hydrogen-bond donors (Lipinski definition) is 1. The van der Waals surface area contributed by atoms with Crippen molar-refractivity contribution in [2.45, 2.75) is 45.7 Å². The standard InChI is InChI=1S/C25H33Cl2N3O5S/c1-5-14-28-25(32)18(2)29(17-19-8-11-21(35-3)12-9-19)24(31)7-6-15-30(36(4,33)34)23-16-20(26)10-13-22(23)27/h8-13,16,18H,5-7,14-15,17H2,1-4H3,(H,28,32)/t18-/m0/s1. The highest BCUT2D eigenvalue weighted by Crippen LogP contribution is 2.31. The minimum absolute atomic E-state index is 0.0252. The van der Waals surface area contributed by atoms with Gasteiger partial charge in [-0.2, -0.15) is 0 Å². The second-order valence-electron chi connectivity index (χ2n) is 8.37. The van der Waals surface area contributed by atoms with Gasteiger partial charge in [-0.3, -0.25) is 13.9 Å². The van der Waals surface area contributed by atoms with Crippen LogP contribution in [0, 0.1) is 0 Å². The van der Waals surface area contributed by atoms with Gasteiger partial charge in [-0.05, 0) is 55.7 Å². The Morgan fingerprint density at radius 2 is 1.78 bits per heavy atom. The summed E-state index contributed by atoms with van der Waals surface area (Å²) in [5, 5.41) is 3.41. The predicted octanol–water partition coefficient (Wildman–Crippen LogP) is 4.49. The molecule has 2 aromatic rings. The first kappa shape index (κ1) is 29.7. The molecule has 0 saturated carbocycles. The average Bonchev–Trinajstić information content (AvgIpc) is 2.84. The predicted molar refractivity (Wildman–Crippen MR) is 144 cm³/mol. The van der Waals surface area contributed by atoms with Gasteiger partial charge in [0, 0.05) is 31.1 Å². The molecule has 2 amide bonds. The van der Waals surface area contributed by atoms with Crippen molar-refractivity contribution in [1.82, 2.24) is 10.2 Å². The van der Waals surface area contributed by atoms with E-state index in [0.717, 1.165) is 22.5 Å². The van der Waals surface area contributed by atoms with Crippen LogP contribution in [-0.2, 0) is 26.2 Å². The lowest BCUT2D eigenvalue weighted by atomic mass is 10.1. The highest BCUT2D eigenvalue weighted by molar-refractivity contribution is 7.92. The van der Waals surface area contributed by atoms with E-state index in [-0.39, 0.29) is 48.5 Å². The van der Waals surface area contributed by atoms with Crippen LogP contribution in [0.3, 0.4) is 0 Å². The van der Waals surface area contributed by atoms with Gasteiger partial charge in [0.1, 0.15) is 11.8 Å². The average molecular weight is 559 g/mol. The van der Waals surface area contributed by atoms with Crippen molar-refractivity contribution < 1.29 is 22.7 Å².